The number of aliphatic carboxylic acids is 1. The number of carbonyl (C=O) groups excluding carboxylic acids is 4. The Morgan fingerprint density at radius 1 is 0.907 bits per heavy atom. The molecule has 4 fully saturated rings. The Morgan fingerprint density at radius 3 is 2.33 bits per heavy atom. The lowest BCUT2D eigenvalue weighted by Crippen LogP contribution is -2.66. The standard InChI is InChI=1S/C44H57NO9/c1-39(2)20-21-43(38(51)52)22-23-44(26-54-37(50)14-8-27-24-28(46)9-11-31(27)45-35(48)13-15-36(49)53-7)29(30(43)25-39)10-12-33-41(5)18-17-34(47)40(3,4)32(41)16-19-42(33,44)6/h8-11,13-15,24,30,32-33,46H,12,16-23,25-26H2,1-7H3,(H,45,48)(H,51,52)/b14-8+,15-13+/t30-,32-,33+,41-,42+,43-,44-/m0/s1. The number of nitrogens with one attached hydrogen (secondary N) is 1. The highest BCUT2D eigenvalue weighted by molar-refractivity contribution is 6.04. The molecule has 1 amide bonds. The lowest BCUT2D eigenvalue weighted by atomic mass is 9.33. The van der Waals surface area contributed by atoms with Crippen molar-refractivity contribution >= 4 is 41.4 Å². The summed E-state index contributed by atoms with van der Waals surface area (Å²) in [7, 11) is 1.20. The van der Waals surface area contributed by atoms with Crippen molar-refractivity contribution in [3.8, 4) is 5.75 Å². The second-order valence-electron chi connectivity index (χ2n) is 18.6. The van der Waals surface area contributed by atoms with Crippen molar-refractivity contribution in [2.45, 2.75) is 106 Å². The van der Waals surface area contributed by atoms with Gasteiger partial charge in [0.05, 0.1) is 12.5 Å². The Labute approximate surface area is 318 Å². The zero-order chi connectivity index (χ0) is 39.5. The summed E-state index contributed by atoms with van der Waals surface area (Å²) in [4.78, 5) is 64.2. The number of aromatic hydroxyl groups is 1. The van der Waals surface area contributed by atoms with E-state index >= 15 is 0 Å². The molecule has 1 aromatic carbocycles. The van der Waals surface area contributed by atoms with Crippen LogP contribution in [-0.2, 0) is 33.4 Å². The molecule has 292 valence electrons. The smallest absolute Gasteiger partial charge is 0.330 e. The van der Waals surface area contributed by atoms with Gasteiger partial charge in [-0.25, -0.2) is 9.59 Å². The van der Waals surface area contributed by atoms with Crippen molar-refractivity contribution in [3.63, 3.8) is 0 Å². The van der Waals surface area contributed by atoms with Crippen LogP contribution in [0.15, 0.2) is 48.1 Å². The third-order valence-corrected chi connectivity index (χ3v) is 15.2. The van der Waals surface area contributed by atoms with Crippen LogP contribution in [0.5, 0.6) is 5.75 Å². The molecular formula is C44H57NO9. The van der Waals surface area contributed by atoms with Crippen LogP contribution in [0.2, 0.25) is 0 Å². The number of carboxylic acid groups (broad SMARTS) is 1. The summed E-state index contributed by atoms with van der Waals surface area (Å²) in [6.07, 6.45) is 14.3. The Morgan fingerprint density at radius 2 is 1.63 bits per heavy atom. The van der Waals surface area contributed by atoms with Gasteiger partial charge in [0.1, 0.15) is 18.1 Å². The molecule has 0 bridgehead atoms. The summed E-state index contributed by atoms with van der Waals surface area (Å²) in [6.45, 7) is 13.5. The fourth-order valence-electron chi connectivity index (χ4n) is 12.1. The number of hydrogen-bond donors (Lipinski definition) is 3. The number of Topliss-reactive ketones (excluding diaryl/α,β-unsaturated/α-hetero) is 1. The van der Waals surface area contributed by atoms with Gasteiger partial charge < -0.3 is 25.0 Å². The molecule has 10 heteroatoms. The minimum atomic E-state index is -0.861. The molecule has 10 nitrogen and oxygen atoms in total. The number of methoxy groups -OCH3 is 1. The maximum atomic E-state index is 13.7. The Balaban J connectivity index is 1.34. The minimum absolute atomic E-state index is 0.0361. The predicted molar refractivity (Wildman–Crippen MR) is 204 cm³/mol. The van der Waals surface area contributed by atoms with E-state index in [4.69, 9.17) is 4.74 Å². The lowest BCUT2D eigenvalue weighted by Gasteiger charge is -2.70. The van der Waals surface area contributed by atoms with Crippen molar-refractivity contribution in [2.75, 3.05) is 19.0 Å². The fourth-order valence-corrected chi connectivity index (χ4v) is 12.1. The number of ketones is 1. The number of ether oxygens (including phenoxy) is 2. The molecule has 5 aliphatic carbocycles. The summed E-state index contributed by atoms with van der Waals surface area (Å²) >= 11 is 0. The summed E-state index contributed by atoms with van der Waals surface area (Å²) in [6, 6.07) is 4.29. The van der Waals surface area contributed by atoms with Gasteiger partial charge in [-0.05, 0) is 116 Å². The molecule has 5 aliphatic rings. The summed E-state index contributed by atoms with van der Waals surface area (Å²) in [5.41, 5.74) is -0.538. The molecule has 0 radical (unpaired) electrons. The van der Waals surface area contributed by atoms with E-state index in [1.165, 1.54) is 37.5 Å². The number of allylic oxidation sites excluding steroid dienone is 1. The van der Waals surface area contributed by atoms with Crippen LogP contribution >= 0.6 is 0 Å². The molecule has 0 aliphatic heterocycles. The Kier molecular flexibility index (Phi) is 10.1. The zero-order valence-corrected chi connectivity index (χ0v) is 32.9. The largest absolute Gasteiger partial charge is 0.508 e. The quantitative estimate of drug-likeness (QED) is 0.104. The number of rotatable bonds is 8. The van der Waals surface area contributed by atoms with Crippen molar-refractivity contribution in [2.24, 2.45) is 50.2 Å². The van der Waals surface area contributed by atoms with E-state index < -0.39 is 40.1 Å². The average Bonchev–Trinajstić information content (AvgIpc) is 3.11. The van der Waals surface area contributed by atoms with Crippen LogP contribution < -0.4 is 5.32 Å². The monoisotopic (exact) mass is 743 g/mol. The van der Waals surface area contributed by atoms with Crippen LogP contribution in [0, 0.1) is 50.2 Å². The van der Waals surface area contributed by atoms with Crippen LogP contribution in [0.4, 0.5) is 5.69 Å². The first-order chi connectivity index (χ1) is 25.2. The first kappa shape index (κ1) is 39.5. The molecule has 1 aromatic rings. The minimum Gasteiger partial charge on any atom is -0.508 e. The molecular weight excluding hydrogens is 686 g/mol. The van der Waals surface area contributed by atoms with Gasteiger partial charge in [0.2, 0.25) is 5.91 Å². The first-order valence-corrected chi connectivity index (χ1v) is 19.5. The number of phenolic OH excluding ortho intramolecular Hbond substituents is 1. The number of phenols is 1. The van der Waals surface area contributed by atoms with E-state index in [1.54, 1.807) is 0 Å². The number of hydrogen-bond acceptors (Lipinski definition) is 8. The van der Waals surface area contributed by atoms with E-state index in [9.17, 15) is 34.2 Å². The average molecular weight is 744 g/mol. The molecule has 3 N–H and O–H groups in total. The van der Waals surface area contributed by atoms with E-state index in [-0.39, 0.29) is 46.4 Å². The van der Waals surface area contributed by atoms with Crippen molar-refractivity contribution < 1.29 is 43.7 Å². The fraction of sp³-hybridized carbons (Fsp3) is 0.614. The third kappa shape index (κ3) is 6.41. The van der Waals surface area contributed by atoms with Gasteiger partial charge in [-0.3, -0.25) is 14.4 Å². The van der Waals surface area contributed by atoms with Crippen molar-refractivity contribution in [1.82, 2.24) is 0 Å². The molecule has 6 rings (SSSR count). The molecule has 0 heterocycles. The SMILES string of the molecule is COC(=O)/C=C/C(=O)Nc1ccc(O)cc1/C=C/C(=O)OC[C@@]12CC[C@@]3(C(=O)O)CCC(C)(C)C[C@H]3C1=CC[C@@H]1[C@@]3(C)CCC(=O)C(C)(C)[C@@H]3CC[C@]12C. The van der Waals surface area contributed by atoms with Gasteiger partial charge >= 0.3 is 17.9 Å². The summed E-state index contributed by atoms with van der Waals surface area (Å²) in [5.74, 6) is -2.09. The van der Waals surface area contributed by atoms with Crippen LogP contribution in [-0.4, -0.2) is 53.5 Å². The van der Waals surface area contributed by atoms with E-state index in [1.807, 2.05) is 0 Å². The summed E-state index contributed by atoms with van der Waals surface area (Å²) < 4.78 is 10.8. The van der Waals surface area contributed by atoms with Crippen molar-refractivity contribution in [1.29, 1.82) is 0 Å². The molecule has 7 atom stereocenters. The van der Waals surface area contributed by atoms with Crippen LogP contribution in [0.25, 0.3) is 6.08 Å². The molecule has 54 heavy (non-hydrogen) atoms. The van der Waals surface area contributed by atoms with Gasteiger partial charge in [-0.1, -0.05) is 53.2 Å². The van der Waals surface area contributed by atoms with Gasteiger partial charge in [-0.2, -0.15) is 0 Å². The van der Waals surface area contributed by atoms with E-state index in [2.05, 4.69) is 57.7 Å². The van der Waals surface area contributed by atoms with E-state index in [0.29, 0.717) is 42.7 Å². The molecule has 0 saturated heterocycles. The molecule has 4 saturated carbocycles. The highest BCUT2D eigenvalue weighted by Gasteiger charge is 2.71. The molecule has 0 aromatic heterocycles. The first-order valence-electron chi connectivity index (χ1n) is 19.5. The number of esters is 2. The normalized spacial score (nSPS) is 35.1. The third-order valence-electron chi connectivity index (χ3n) is 15.2. The number of benzene rings is 1. The zero-order valence-electron chi connectivity index (χ0n) is 32.9. The number of carboxylic acids is 1. The second kappa shape index (κ2) is 13.8. The maximum absolute atomic E-state index is 13.7. The Bertz CT molecular complexity index is 1840. The van der Waals surface area contributed by atoms with Crippen LogP contribution in [0.3, 0.4) is 0 Å². The number of carbonyl (C=O) groups is 5. The second-order valence-corrected chi connectivity index (χ2v) is 18.6. The molecule has 0 unspecified atom stereocenters. The summed E-state index contributed by atoms with van der Waals surface area (Å²) in [5, 5.41) is 23.8. The van der Waals surface area contributed by atoms with Gasteiger partial charge in [0.25, 0.3) is 0 Å². The highest BCUT2D eigenvalue weighted by Crippen LogP contribution is 2.75. The Hall–Kier alpha value is -4.21. The predicted octanol–water partition coefficient (Wildman–Crippen LogP) is 8.05. The van der Waals surface area contributed by atoms with Gasteiger partial charge in [0.15, 0.2) is 0 Å². The van der Waals surface area contributed by atoms with Gasteiger partial charge in [0, 0.05) is 46.7 Å². The van der Waals surface area contributed by atoms with Crippen molar-refractivity contribution in [3.05, 3.63) is 53.6 Å². The molecule has 0 spiro atoms. The lowest BCUT2D eigenvalue weighted by molar-refractivity contribution is -0.202. The van der Waals surface area contributed by atoms with E-state index in [0.717, 1.165) is 56.3 Å². The topological polar surface area (TPSA) is 156 Å². The maximum Gasteiger partial charge on any atom is 0.330 e. The number of amides is 1. The number of fused-ring (bicyclic) bond motifs is 7. The number of anilines is 1. The van der Waals surface area contributed by atoms with Gasteiger partial charge in [-0.15, -0.1) is 0 Å². The van der Waals surface area contributed by atoms with Crippen LogP contribution in [0.1, 0.15) is 111 Å². The highest BCUT2D eigenvalue weighted by atomic mass is 16.5.